The number of nitrogens with one attached hydrogen (secondary N) is 1. The molecule has 0 aliphatic heterocycles. The van der Waals surface area contributed by atoms with Crippen molar-refractivity contribution in [1.82, 2.24) is 4.98 Å². The summed E-state index contributed by atoms with van der Waals surface area (Å²) in [5.74, 6) is -1.10. The number of thioether (sulfide) groups is 1. The van der Waals surface area contributed by atoms with Crippen LogP contribution in [0.3, 0.4) is 0 Å². The van der Waals surface area contributed by atoms with Crippen LogP contribution in [0.4, 0.5) is 5.13 Å². The summed E-state index contributed by atoms with van der Waals surface area (Å²) in [7, 11) is 0. The van der Waals surface area contributed by atoms with Crippen LogP contribution in [0.1, 0.15) is 34.1 Å². The Morgan fingerprint density at radius 2 is 1.86 bits per heavy atom. The van der Waals surface area contributed by atoms with Crippen molar-refractivity contribution >= 4 is 52.3 Å². The van der Waals surface area contributed by atoms with E-state index in [0.717, 1.165) is 21.7 Å². The smallest absolute Gasteiger partial charge is 0.335 e. The van der Waals surface area contributed by atoms with Crippen molar-refractivity contribution in [1.29, 1.82) is 0 Å². The van der Waals surface area contributed by atoms with Crippen LogP contribution < -0.4 is 5.32 Å². The minimum absolute atomic E-state index is 0.168. The van der Waals surface area contributed by atoms with Crippen molar-refractivity contribution in [2.45, 2.75) is 18.7 Å². The average molecular weight is 425 g/mol. The molecule has 5 nitrogen and oxygen atoms in total. The molecule has 0 aliphatic rings. The van der Waals surface area contributed by atoms with E-state index in [1.165, 1.54) is 23.2 Å². The number of aryl methyl sites for hydroxylation is 1. The van der Waals surface area contributed by atoms with Crippen LogP contribution >= 0.6 is 23.1 Å². The molecule has 0 bridgehead atoms. The van der Waals surface area contributed by atoms with Gasteiger partial charge in [0.05, 0.1) is 16.1 Å². The second kappa shape index (κ2) is 9.07. The Kier molecular flexibility index (Phi) is 6.51. The number of nitrogens with zero attached hydrogens (tertiary/aromatic N) is 1. The standard InChI is InChI=1S/C22H20N2O3S2/c1-13-12-15(4-10-18(13)21(26)27)5-11-19-20(29-22(24-19)23-14(2)25)16-6-8-17(28-3)9-7-16/h4-12H,1-3H3,(H,26,27)(H,23,24,25). The number of benzene rings is 2. The first-order valence-electron chi connectivity index (χ1n) is 8.82. The van der Waals surface area contributed by atoms with Crippen molar-refractivity contribution in [3.8, 4) is 10.4 Å². The topological polar surface area (TPSA) is 79.3 Å². The fourth-order valence-corrected chi connectivity index (χ4v) is 4.22. The van der Waals surface area contributed by atoms with E-state index in [1.807, 2.05) is 36.6 Å². The van der Waals surface area contributed by atoms with Gasteiger partial charge in [0.1, 0.15) is 0 Å². The predicted molar refractivity (Wildman–Crippen MR) is 121 cm³/mol. The lowest BCUT2D eigenvalue weighted by Crippen LogP contribution is -2.04. The molecular formula is C22H20N2O3S2. The molecule has 29 heavy (non-hydrogen) atoms. The number of carbonyl (C=O) groups is 2. The Morgan fingerprint density at radius 3 is 2.45 bits per heavy atom. The van der Waals surface area contributed by atoms with E-state index in [0.29, 0.717) is 16.3 Å². The molecule has 1 heterocycles. The number of aromatic carboxylic acids is 1. The van der Waals surface area contributed by atoms with Crippen LogP contribution in [0.2, 0.25) is 0 Å². The van der Waals surface area contributed by atoms with Gasteiger partial charge in [-0.2, -0.15) is 0 Å². The maximum absolute atomic E-state index is 11.4. The van der Waals surface area contributed by atoms with Crippen LogP contribution in [-0.4, -0.2) is 28.2 Å². The first kappa shape index (κ1) is 20.8. The number of carbonyl (C=O) groups excluding carboxylic acids is 1. The van der Waals surface area contributed by atoms with Crippen LogP contribution in [0, 0.1) is 6.92 Å². The summed E-state index contributed by atoms with van der Waals surface area (Å²) >= 11 is 3.10. The Morgan fingerprint density at radius 1 is 1.14 bits per heavy atom. The van der Waals surface area contributed by atoms with Gasteiger partial charge in [0, 0.05) is 11.8 Å². The Labute approximate surface area is 177 Å². The second-order valence-electron chi connectivity index (χ2n) is 6.36. The van der Waals surface area contributed by atoms with Gasteiger partial charge in [0.25, 0.3) is 0 Å². The van der Waals surface area contributed by atoms with E-state index in [-0.39, 0.29) is 5.91 Å². The highest BCUT2D eigenvalue weighted by Gasteiger charge is 2.13. The van der Waals surface area contributed by atoms with Gasteiger partial charge >= 0.3 is 5.97 Å². The number of amides is 1. The minimum Gasteiger partial charge on any atom is -0.478 e. The number of carboxylic acids is 1. The fraction of sp³-hybridized carbons (Fsp3) is 0.136. The summed E-state index contributed by atoms with van der Waals surface area (Å²) in [5.41, 5.74) is 3.64. The van der Waals surface area contributed by atoms with Gasteiger partial charge in [-0.25, -0.2) is 9.78 Å². The van der Waals surface area contributed by atoms with Crippen molar-refractivity contribution in [3.05, 3.63) is 64.8 Å². The molecule has 0 saturated heterocycles. The Balaban J connectivity index is 1.97. The van der Waals surface area contributed by atoms with E-state index in [4.69, 9.17) is 0 Å². The van der Waals surface area contributed by atoms with E-state index >= 15 is 0 Å². The maximum Gasteiger partial charge on any atom is 0.335 e. The van der Waals surface area contributed by atoms with E-state index in [1.54, 1.807) is 30.8 Å². The summed E-state index contributed by atoms with van der Waals surface area (Å²) < 4.78 is 0. The quantitative estimate of drug-likeness (QED) is 0.499. The molecule has 148 valence electrons. The summed E-state index contributed by atoms with van der Waals surface area (Å²) in [6, 6.07) is 13.4. The van der Waals surface area contributed by atoms with E-state index < -0.39 is 5.97 Å². The summed E-state index contributed by atoms with van der Waals surface area (Å²) in [5, 5.41) is 12.5. The zero-order valence-corrected chi connectivity index (χ0v) is 17.9. The number of thiazole rings is 1. The molecule has 0 aliphatic carbocycles. The molecule has 1 amide bonds. The average Bonchev–Trinajstić information content (AvgIpc) is 3.08. The first-order valence-corrected chi connectivity index (χ1v) is 10.9. The highest BCUT2D eigenvalue weighted by atomic mass is 32.2. The van der Waals surface area contributed by atoms with Crippen LogP contribution in [0.25, 0.3) is 22.6 Å². The van der Waals surface area contributed by atoms with Crippen molar-refractivity contribution < 1.29 is 14.7 Å². The largest absolute Gasteiger partial charge is 0.478 e. The minimum atomic E-state index is -0.937. The zero-order valence-electron chi connectivity index (χ0n) is 16.2. The van der Waals surface area contributed by atoms with E-state index in [2.05, 4.69) is 22.4 Å². The monoisotopic (exact) mass is 424 g/mol. The third-order valence-corrected chi connectivity index (χ3v) is 5.98. The van der Waals surface area contributed by atoms with Gasteiger partial charge in [-0.05, 0) is 54.1 Å². The molecule has 2 N–H and O–H groups in total. The highest BCUT2D eigenvalue weighted by Crippen LogP contribution is 2.35. The molecule has 3 rings (SSSR count). The molecule has 0 atom stereocenters. The number of rotatable bonds is 6. The third kappa shape index (κ3) is 5.13. The summed E-state index contributed by atoms with van der Waals surface area (Å²) in [6.45, 7) is 3.23. The van der Waals surface area contributed by atoms with E-state index in [9.17, 15) is 14.7 Å². The molecule has 0 unspecified atom stereocenters. The SMILES string of the molecule is CSc1ccc(-c2sc(NC(C)=O)nc2C=Cc2ccc(C(=O)O)c(C)c2)cc1. The number of anilines is 1. The number of hydrogen-bond acceptors (Lipinski definition) is 5. The Hall–Kier alpha value is -2.90. The summed E-state index contributed by atoms with van der Waals surface area (Å²) in [6.07, 6.45) is 5.81. The first-order chi connectivity index (χ1) is 13.9. The second-order valence-corrected chi connectivity index (χ2v) is 8.23. The van der Waals surface area contributed by atoms with Gasteiger partial charge < -0.3 is 10.4 Å². The van der Waals surface area contributed by atoms with Gasteiger partial charge in [0.2, 0.25) is 5.91 Å². The van der Waals surface area contributed by atoms with Gasteiger partial charge in [-0.3, -0.25) is 4.79 Å². The molecule has 7 heteroatoms. The van der Waals surface area contributed by atoms with Crippen LogP contribution in [0.5, 0.6) is 0 Å². The molecule has 0 fully saturated rings. The third-order valence-electron chi connectivity index (χ3n) is 4.20. The molecule has 0 radical (unpaired) electrons. The molecule has 3 aromatic rings. The fourth-order valence-electron chi connectivity index (χ4n) is 2.80. The lowest BCUT2D eigenvalue weighted by molar-refractivity contribution is -0.114. The van der Waals surface area contributed by atoms with Gasteiger partial charge in [-0.1, -0.05) is 41.7 Å². The molecule has 2 aromatic carbocycles. The molecule has 0 spiro atoms. The number of carboxylic acid groups (broad SMARTS) is 1. The van der Waals surface area contributed by atoms with Crippen molar-refractivity contribution in [2.75, 3.05) is 11.6 Å². The predicted octanol–water partition coefficient (Wildman–Crippen LogP) is 5.67. The summed E-state index contributed by atoms with van der Waals surface area (Å²) in [4.78, 5) is 29.3. The zero-order chi connectivity index (χ0) is 21.0. The normalized spacial score (nSPS) is 11.0. The van der Waals surface area contributed by atoms with Crippen LogP contribution in [0.15, 0.2) is 47.4 Å². The van der Waals surface area contributed by atoms with Gasteiger partial charge in [0.15, 0.2) is 5.13 Å². The van der Waals surface area contributed by atoms with Crippen LogP contribution in [-0.2, 0) is 4.79 Å². The number of aromatic nitrogens is 1. The highest BCUT2D eigenvalue weighted by molar-refractivity contribution is 7.98. The van der Waals surface area contributed by atoms with Crippen molar-refractivity contribution in [3.63, 3.8) is 0 Å². The lowest BCUT2D eigenvalue weighted by Gasteiger charge is -2.03. The van der Waals surface area contributed by atoms with Gasteiger partial charge in [-0.15, -0.1) is 11.8 Å². The maximum atomic E-state index is 11.4. The molecular weight excluding hydrogens is 404 g/mol. The number of hydrogen-bond donors (Lipinski definition) is 2. The molecule has 1 aromatic heterocycles. The lowest BCUT2D eigenvalue weighted by atomic mass is 10.0. The Bertz CT molecular complexity index is 1090. The van der Waals surface area contributed by atoms with Crippen molar-refractivity contribution in [2.24, 2.45) is 0 Å². The molecule has 0 saturated carbocycles.